The van der Waals surface area contributed by atoms with Gasteiger partial charge in [0.05, 0.1) is 24.5 Å². The second kappa shape index (κ2) is 7.75. The Kier molecular flexibility index (Phi) is 5.17. The van der Waals surface area contributed by atoms with Crippen LogP contribution in [0.3, 0.4) is 0 Å². The number of rotatable bonds is 4. The van der Waals surface area contributed by atoms with E-state index in [1.165, 1.54) is 55.6 Å². The topological polar surface area (TPSA) is 105 Å². The third-order valence-corrected chi connectivity index (χ3v) is 5.75. The summed E-state index contributed by atoms with van der Waals surface area (Å²) in [6.45, 7) is 3.01. The van der Waals surface area contributed by atoms with Crippen LogP contribution in [0.25, 0.3) is 0 Å². The zero-order valence-corrected chi connectivity index (χ0v) is 16.1. The molecular formula is C19H26N6O3. The van der Waals surface area contributed by atoms with E-state index in [1.807, 2.05) is 10.7 Å². The minimum absolute atomic E-state index is 0.0884. The lowest BCUT2D eigenvalue weighted by molar-refractivity contribution is 0.0947. The number of aromatic amines is 1. The van der Waals surface area contributed by atoms with Crippen molar-refractivity contribution in [2.45, 2.75) is 57.8 Å². The molecule has 0 unspecified atom stereocenters. The number of amides is 1. The van der Waals surface area contributed by atoms with E-state index >= 15 is 0 Å². The lowest BCUT2D eigenvalue weighted by Gasteiger charge is -2.36. The van der Waals surface area contributed by atoms with Crippen LogP contribution >= 0.6 is 0 Å². The molecule has 0 atom stereocenters. The molecule has 0 spiro atoms. The molecular weight excluding hydrogens is 360 g/mol. The van der Waals surface area contributed by atoms with Crippen molar-refractivity contribution in [1.82, 2.24) is 29.5 Å². The number of hydrogen-bond donors (Lipinski definition) is 2. The van der Waals surface area contributed by atoms with Gasteiger partial charge in [0.2, 0.25) is 0 Å². The van der Waals surface area contributed by atoms with Crippen LogP contribution in [0, 0.1) is 0 Å². The zero-order chi connectivity index (χ0) is 19.7. The molecule has 2 aliphatic rings. The highest BCUT2D eigenvalue weighted by molar-refractivity contribution is 5.93. The number of aryl methyl sites for hydroxylation is 1. The van der Waals surface area contributed by atoms with Crippen molar-refractivity contribution >= 4 is 5.91 Å². The van der Waals surface area contributed by atoms with E-state index in [0.717, 1.165) is 25.3 Å². The Bertz CT molecular complexity index is 982. The smallest absolute Gasteiger partial charge is 0.328 e. The van der Waals surface area contributed by atoms with Crippen LogP contribution in [0.15, 0.2) is 21.9 Å². The molecule has 28 heavy (non-hydrogen) atoms. The van der Waals surface area contributed by atoms with Gasteiger partial charge >= 0.3 is 5.69 Å². The fraction of sp³-hybridized carbons (Fsp3) is 0.579. The van der Waals surface area contributed by atoms with Crippen LogP contribution in [0.2, 0.25) is 0 Å². The number of hydrogen-bond acceptors (Lipinski definition) is 5. The van der Waals surface area contributed by atoms with E-state index in [4.69, 9.17) is 0 Å². The number of carbonyl (C=O) groups excluding carboxylic acids is 1. The molecule has 0 radical (unpaired) electrons. The standard InChI is InChI=1S/C19H26N6O3/c1-23-12-16(18(27)21-19(23)28)17(26)20-10-13-9-15-11-24(7-8-25(15)22-13)14-5-3-2-4-6-14/h9,12,14H,2-8,10-11H2,1H3,(H,20,26)(H,21,27,28). The zero-order valence-electron chi connectivity index (χ0n) is 16.1. The number of nitrogens with zero attached hydrogens (tertiary/aromatic N) is 4. The Balaban J connectivity index is 1.40. The Hall–Kier alpha value is -2.68. The fourth-order valence-electron chi connectivity index (χ4n) is 4.18. The minimum Gasteiger partial charge on any atom is -0.346 e. The molecule has 1 fully saturated rings. The number of H-pyrrole nitrogens is 1. The van der Waals surface area contributed by atoms with E-state index in [-0.39, 0.29) is 12.1 Å². The molecule has 9 nitrogen and oxygen atoms in total. The second-order valence-corrected chi connectivity index (χ2v) is 7.71. The van der Waals surface area contributed by atoms with Gasteiger partial charge in [-0.25, -0.2) is 4.79 Å². The maximum Gasteiger partial charge on any atom is 0.328 e. The number of aromatic nitrogens is 4. The van der Waals surface area contributed by atoms with Crippen LogP contribution in [0.5, 0.6) is 0 Å². The minimum atomic E-state index is -0.687. The Morgan fingerprint density at radius 1 is 1.25 bits per heavy atom. The van der Waals surface area contributed by atoms with Gasteiger partial charge in [0.25, 0.3) is 11.5 Å². The Morgan fingerprint density at radius 2 is 2.04 bits per heavy atom. The maximum absolute atomic E-state index is 12.3. The molecule has 2 N–H and O–H groups in total. The fourth-order valence-corrected chi connectivity index (χ4v) is 4.18. The normalized spacial score (nSPS) is 18.0. The lowest BCUT2D eigenvalue weighted by atomic mass is 9.94. The monoisotopic (exact) mass is 386 g/mol. The van der Waals surface area contributed by atoms with Crippen molar-refractivity contribution in [2.75, 3.05) is 6.54 Å². The largest absolute Gasteiger partial charge is 0.346 e. The molecule has 0 bridgehead atoms. The maximum atomic E-state index is 12.3. The summed E-state index contributed by atoms with van der Waals surface area (Å²) >= 11 is 0. The summed E-state index contributed by atoms with van der Waals surface area (Å²) in [5.74, 6) is -0.522. The third-order valence-electron chi connectivity index (χ3n) is 5.75. The van der Waals surface area contributed by atoms with Gasteiger partial charge < -0.3 is 9.88 Å². The molecule has 2 aromatic heterocycles. The van der Waals surface area contributed by atoms with Crippen molar-refractivity contribution in [3.63, 3.8) is 0 Å². The quantitative estimate of drug-likeness (QED) is 0.789. The summed E-state index contributed by atoms with van der Waals surface area (Å²) in [5, 5.41) is 7.31. The van der Waals surface area contributed by atoms with Gasteiger partial charge in [-0.15, -0.1) is 0 Å². The van der Waals surface area contributed by atoms with E-state index in [0.29, 0.717) is 6.04 Å². The first-order chi connectivity index (χ1) is 13.5. The van der Waals surface area contributed by atoms with Gasteiger partial charge in [0.1, 0.15) is 5.56 Å². The van der Waals surface area contributed by atoms with Crippen LogP contribution in [0.1, 0.15) is 53.8 Å². The summed E-state index contributed by atoms with van der Waals surface area (Å²) in [5.41, 5.74) is 0.615. The second-order valence-electron chi connectivity index (χ2n) is 7.71. The molecule has 1 aliphatic heterocycles. The van der Waals surface area contributed by atoms with Gasteiger partial charge in [-0.1, -0.05) is 19.3 Å². The first-order valence-electron chi connectivity index (χ1n) is 9.89. The predicted molar refractivity (Wildman–Crippen MR) is 103 cm³/mol. The van der Waals surface area contributed by atoms with Crippen molar-refractivity contribution in [3.8, 4) is 0 Å². The Morgan fingerprint density at radius 3 is 2.82 bits per heavy atom. The third kappa shape index (κ3) is 3.80. The molecule has 0 saturated heterocycles. The first kappa shape index (κ1) is 18.7. The van der Waals surface area contributed by atoms with E-state index in [1.54, 1.807) is 0 Å². The SMILES string of the molecule is Cn1cc(C(=O)NCc2cc3n(n2)CCN(C2CCCCC2)C3)c(=O)[nH]c1=O. The summed E-state index contributed by atoms with van der Waals surface area (Å²) in [7, 11) is 1.48. The molecule has 2 aromatic rings. The molecule has 1 saturated carbocycles. The molecule has 1 aliphatic carbocycles. The van der Waals surface area contributed by atoms with Crippen molar-refractivity contribution < 1.29 is 4.79 Å². The van der Waals surface area contributed by atoms with Crippen LogP contribution < -0.4 is 16.6 Å². The average molecular weight is 386 g/mol. The molecule has 1 amide bonds. The van der Waals surface area contributed by atoms with Gasteiger partial charge in [-0.05, 0) is 18.9 Å². The average Bonchev–Trinajstić information content (AvgIpc) is 3.11. The van der Waals surface area contributed by atoms with E-state index in [9.17, 15) is 14.4 Å². The lowest BCUT2D eigenvalue weighted by Crippen LogP contribution is -2.42. The highest BCUT2D eigenvalue weighted by Gasteiger charge is 2.26. The van der Waals surface area contributed by atoms with Gasteiger partial charge in [-0.2, -0.15) is 5.10 Å². The van der Waals surface area contributed by atoms with Crippen molar-refractivity contribution in [2.24, 2.45) is 7.05 Å². The number of nitrogens with one attached hydrogen (secondary N) is 2. The summed E-state index contributed by atoms with van der Waals surface area (Å²) in [6.07, 6.45) is 7.81. The highest BCUT2D eigenvalue weighted by Crippen LogP contribution is 2.26. The van der Waals surface area contributed by atoms with Crippen molar-refractivity contribution in [1.29, 1.82) is 0 Å². The molecule has 150 valence electrons. The summed E-state index contributed by atoms with van der Waals surface area (Å²) in [4.78, 5) is 40.2. The van der Waals surface area contributed by atoms with E-state index in [2.05, 4.69) is 20.3 Å². The van der Waals surface area contributed by atoms with Crippen LogP contribution in [0.4, 0.5) is 0 Å². The molecule has 4 rings (SSSR count). The molecule has 9 heteroatoms. The number of carbonyl (C=O) groups is 1. The van der Waals surface area contributed by atoms with Crippen LogP contribution in [-0.4, -0.2) is 42.7 Å². The van der Waals surface area contributed by atoms with Crippen LogP contribution in [-0.2, 0) is 26.7 Å². The summed E-state index contributed by atoms with van der Waals surface area (Å²) in [6, 6.07) is 2.71. The molecule has 3 heterocycles. The van der Waals surface area contributed by atoms with Gasteiger partial charge in [0, 0.05) is 32.4 Å². The van der Waals surface area contributed by atoms with Gasteiger partial charge in [0.15, 0.2) is 0 Å². The highest BCUT2D eigenvalue weighted by atomic mass is 16.2. The molecule has 0 aromatic carbocycles. The van der Waals surface area contributed by atoms with E-state index < -0.39 is 17.2 Å². The first-order valence-corrected chi connectivity index (χ1v) is 9.89. The van der Waals surface area contributed by atoms with Gasteiger partial charge in [-0.3, -0.25) is 24.2 Å². The number of fused-ring (bicyclic) bond motifs is 1. The predicted octanol–water partition coefficient (Wildman–Crippen LogP) is 0.348. The van der Waals surface area contributed by atoms with Crippen molar-refractivity contribution in [3.05, 3.63) is 50.1 Å². The Labute approximate surface area is 162 Å². The summed E-state index contributed by atoms with van der Waals surface area (Å²) < 4.78 is 3.19.